The monoisotopic (exact) mass is 146 g/mol. The minimum Gasteiger partial charge on any atom is -0.0879 e. The molecule has 0 heterocycles. The Balaban J connectivity index is 2.06. The van der Waals surface area contributed by atoms with Gasteiger partial charge >= 0.3 is 0 Å². The molecule has 4 bridgehead atoms. The fraction of sp³-hybridized carbons (Fsp3) is 0.636. The standard InChI is InChI=1S/C11H14/c1-3-8-7-9-4-2-6-11(8)10(9)5-1/h1-2,5-6,8-11H,3-4,7H2. The Hall–Kier alpha value is -0.520. The highest BCUT2D eigenvalue weighted by Crippen LogP contribution is 2.51. The molecular formula is C11H14. The van der Waals surface area contributed by atoms with Crippen molar-refractivity contribution in [3.63, 3.8) is 0 Å². The third-order valence-electron chi connectivity index (χ3n) is 3.73. The van der Waals surface area contributed by atoms with Crippen LogP contribution in [0, 0.1) is 23.7 Å². The lowest BCUT2D eigenvalue weighted by molar-refractivity contribution is 0.373. The summed E-state index contributed by atoms with van der Waals surface area (Å²) in [4.78, 5) is 0. The van der Waals surface area contributed by atoms with Gasteiger partial charge in [0.05, 0.1) is 0 Å². The zero-order chi connectivity index (χ0) is 7.26. The van der Waals surface area contributed by atoms with Crippen molar-refractivity contribution in [1.29, 1.82) is 0 Å². The van der Waals surface area contributed by atoms with Gasteiger partial charge in [-0.25, -0.2) is 0 Å². The van der Waals surface area contributed by atoms with Gasteiger partial charge in [-0.2, -0.15) is 0 Å². The lowest BCUT2D eigenvalue weighted by Crippen LogP contribution is -2.18. The molecular weight excluding hydrogens is 132 g/mol. The fourth-order valence-electron chi connectivity index (χ4n) is 3.23. The van der Waals surface area contributed by atoms with E-state index in [0.29, 0.717) is 0 Å². The van der Waals surface area contributed by atoms with Gasteiger partial charge in [0.1, 0.15) is 0 Å². The van der Waals surface area contributed by atoms with Crippen LogP contribution in [0.4, 0.5) is 0 Å². The molecule has 0 saturated heterocycles. The summed E-state index contributed by atoms with van der Waals surface area (Å²) >= 11 is 0. The van der Waals surface area contributed by atoms with E-state index in [1.165, 1.54) is 19.3 Å². The van der Waals surface area contributed by atoms with Gasteiger partial charge in [0, 0.05) is 0 Å². The van der Waals surface area contributed by atoms with E-state index in [1.54, 1.807) is 0 Å². The van der Waals surface area contributed by atoms with E-state index in [1.807, 2.05) is 0 Å². The van der Waals surface area contributed by atoms with Crippen molar-refractivity contribution in [2.24, 2.45) is 23.7 Å². The fourth-order valence-corrected chi connectivity index (χ4v) is 3.23. The highest BCUT2D eigenvalue weighted by Gasteiger charge is 2.42. The second kappa shape index (κ2) is 2.00. The third kappa shape index (κ3) is 0.702. The van der Waals surface area contributed by atoms with Crippen LogP contribution in [0.2, 0.25) is 0 Å². The van der Waals surface area contributed by atoms with E-state index in [0.717, 1.165) is 23.7 Å². The highest BCUT2D eigenvalue weighted by molar-refractivity contribution is 5.17. The summed E-state index contributed by atoms with van der Waals surface area (Å²) in [7, 11) is 0. The smallest absolute Gasteiger partial charge is 0.0136 e. The topological polar surface area (TPSA) is 0 Å². The van der Waals surface area contributed by atoms with Crippen molar-refractivity contribution in [2.75, 3.05) is 0 Å². The van der Waals surface area contributed by atoms with Gasteiger partial charge in [-0.3, -0.25) is 0 Å². The first-order chi connectivity index (χ1) is 5.45. The molecule has 3 aliphatic rings. The Morgan fingerprint density at radius 2 is 1.36 bits per heavy atom. The van der Waals surface area contributed by atoms with Crippen molar-refractivity contribution in [1.82, 2.24) is 0 Å². The van der Waals surface area contributed by atoms with Gasteiger partial charge in [-0.15, -0.1) is 0 Å². The summed E-state index contributed by atoms with van der Waals surface area (Å²) in [5.74, 6) is 3.87. The van der Waals surface area contributed by atoms with E-state index >= 15 is 0 Å². The van der Waals surface area contributed by atoms with E-state index in [2.05, 4.69) is 24.3 Å². The first-order valence-corrected chi connectivity index (χ1v) is 4.78. The van der Waals surface area contributed by atoms with E-state index in [-0.39, 0.29) is 0 Å². The van der Waals surface area contributed by atoms with Gasteiger partial charge in [0.25, 0.3) is 0 Å². The summed E-state index contributed by atoms with van der Waals surface area (Å²) in [6.07, 6.45) is 14.0. The predicted molar refractivity (Wildman–Crippen MR) is 46.1 cm³/mol. The first kappa shape index (κ1) is 6.05. The molecule has 4 atom stereocenters. The summed E-state index contributed by atoms with van der Waals surface area (Å²) in [5.41, 5.74) is 0. The first-order valence-electron chi connectivity index (χ1n) is 4.78. The number of allylic oxidation sites excluding steroid dienone is 4. The molecule has 0 aromatic heterocycles. The summed E-state index contributed by atoms with van der Waals surface area (Å²) < 4.78 is 0. The SMILES string of the molecule is C1=CC2C3CC=CC2C(C1)C3. The number of hydrogen-bond acceptors (Lipinski definition) is 0. The summed E-state index contributed by atoms with van der Waals surface area (Å²) in [6, 6.07) is 0. The third-order valence-corrected chi connectivity index (χ3v) is 3.73. The van der Waals surface area contributed by atoms with Crippen LogP contribution < -0.4 is 0 Å². The van der Waals surface area contributed by atoms with Gasteiger partial charge < -0.3 is 0 Å². The average Bonchev–Trinajstić information content (AvgIpc) is 2.31. The van der Waals surface area contributed by atoms with Crippen LogP contribution in [-0.4, -0.2) is 0 Å². The van der Waals surface area contributed by atoms with E-state index < -0.39 is 0 Å². The lowest BCUT2D eigenvalue weighted by atomic mass is 9.78. The molecule has 3 rings (SSSR count). The second-order valence-corrected chi connectivity index (χ2v) is 4.24. The van der Waals surface area contributed by atoms with Crippen LogP contribution in [0.1, 0.15) is 19.3 Å². The second-order valence-electron chi connectivity index (χ2n) is 4.24. The van der Waals surface area contributed by atoms with E-state index in [4.69, 9.17) is 0 Å². The summed E-state index contributed by atoms with van der Waals surface area (Å²) in [6.45, 7) is 0. The molecule has 0 N–H and O–H groups in total. The van der Waals surface area contributed by atoms with Crippen LogP contribution in [-0.2, 0) is 0 Å². The molecule has 1 fully saturated rings. The minimum atomic E-state index is 0.929. The molecule has 0 aromatic carbocycles. The maximum absolute atomic E-state index is 2.47. The molecule has 0 radical (unpaired) electrons. The Bertz CT molecular complexity index is 200. The average molecular weight is 146 g/mol. The van der Waals surface area contributed by atoms with Gasteiger partial charge in [0.2, 0.25) is 0 Å². The lowest BCUT2D eigenvalue weighted by Gasteiger charge is -2.27. The van der Waals surface area contributed by atoms with Crippen LogP contribution in [0.15, 0.2) is 24.3 Å². The number of rotatable bonds is 0. The van der Waals surface area contributed by atoms with Crippen molar-refractivity contribution >= 4 is 0 Å². The molecule has 0 aliphatic heterocycles. The molecule has 0 nitrogen and oxygen atoms in total. The highest BCUT2D eigenvalue weighted by atomic mass is 14.5. The van der Waals surface area contributed by atoms with Gasteiger partial charge in [0.15, 0.2) is 0 Å². The molecule has 0 spiro atoms. The Morgan fingerprint density at radius 1 is 0.818 bits per heavy atom. The largest absolute Gasteiger partial charge is 0.0879 e. The van der Waals surface area contributed by atoms with Crippen LogP contribution in [0.3, 0.4) is 0 Å². The predicted octanol–water partition coefficient (Wildman–Crippen LogP) is 2.77. The zero-order valence-electron chi connectivity index (χ0n) is 6.74. The van der Waals surface area contributed by atoms with Crippen LogP contribution in [0.5, 0.6) is 0 Å². The molecule has 58 valence electrons. The van der Waals surface area contributed by atoms with Crippen LogP contribution in [0.25, 0.3) is 0 Å². The van der Waals surface area contributed by atoms with Crippen molar-refractivity contribution in [3.05, 3.63) is 24.3 Å². The van der Waals surface area contributed by atoms with E-state index in [9.17, 15) is 0 Å². The molecule has 4 unspecified atom stereocenters. The van der Waals surface area contributed by atoms with Crippen molar-refractivity contribution in [2.45, 2.75) is 19.3 Å². The maximum atomic E-state index is 2.47. The minimum absolute atomic E-state index is 0.929. The Kier molecular flexibility index (Phi) is 1.10. The van der Waals surface area contributed by atoms with Crippen molar-refractivity contribution in [3.8, 4) is 0 Å². The molecule has 0 amide bonds. The molecule has 0 aromatic rings. The van der Waals surface area contributed by atoms with Gasteiger partial charge in [-0.1, -0.05) is 24.3 Å². The maximum Gasteiger partial charge on any atom is -0.0136 e. The van der Waals surface area contributed by atoms with Crippen molar-refractivity contribution < 1.29 is 0 Å². The number of hydrogen-bond donors (Lipinski definition) is 0. The molecule has 1 saturated carbocycles. The quantitative estimate of drug-likeness (QED) is 0.461. The Labute approximate surface area is 68.0 Å². The van der Waals surface area contributed by atoms with Crippen LogP contribution >= 0.6 is 0 Å². The Morgan fingerprint density at radius 3 is 1.91 bits per heavy atom. The molecule has 0 heteroatoms. The zero-order valence-corrected chi connectivity index (χ0v) is 6.74. The summed E-state index contributed by atoms with van der Waals surface area (Å²) in [5, 5.41) is 0. The molecule has 11 heavy (non-hydrogen) atoms. The normalized spacial score (nSPS) is 51.6. The van der Waals surface area contributed by atoms with Gasteiger partial charge in [-0.05, 0) is 42.9 Å². The molecule has 3 aliphatic carbocycles.